The zero-order valence-electron chi connectivity index (χ0n) is 9.37. The maximum atomic E-state index is 8.63. The van der Waals surface area contributed by atoms with Gasteiger partial charge >= 0.3 is 0 Å². The minimum absolute atomic E-state index is 0.153. The molecule has 1 atom stereocenters. The van der Waals surface area contributed by atoms with Crippen molar-refractivity contribution in [3.8, 4) is 0 Å². The van der Waals surface area contributed by atoms with E-state index in [4.69, 9.17) is 10.9 Å². The van der Waals surface area contributed by atoms with Crippen LogP contribution in [0.2, 0.25) is 0 Å². The molecule has 0 radical (unpaired) electrons. The molecule has 1 rings (SSSR count). The van der Waals surface area contributed by atoms with Crippen LogP contribution in [-0.2, 0) is 0 Å². The normalized spacial score (nSPS) is 13.6. The number of hydrogen-bond donors (Lipinski definition) is 3. The quantitative estimate of drug-likeness (QED) is 0.345. The van der Waals surface area contributed by atoms with Crippen molar-refractivity contribution in [3.63, 3.8) is 0 Å². The number of anilines is 1. The average molecular weight is 286 g/mol. The maximum Gasteiger partial charge on any atom is 0.161 e. The standard InChI is InChI=1S/C11H16BrN3O/c1-3-10(11(13)15-16)14-8-5-4-7(2)9(12)6-8/h4-6,10,14,16H,3H2,1-2H3,(H2,13,15). The van der Waals surface area contributed by atoms with Crippen LogP contribution in [0.15, 0.2) is 27.8 Å². The first-order valence-corrected chi connectivity index (χ1v) is 5.88. The van der Waals surface area contributed by atoms with E-state index < -0.39 is 0 Å². The van der Waals surface area contributed by atoms with Crippen molar-refractivity contribution in [1.82, 2.24) is 0 Å². The topological polar surface area (TPSA) is 70.6 Å². The molecule has 0 aromatic heterocycles. The van der Waals surface area contributed by atoms with Gasteiger partial charge in [0.05, 0.1) is 6.04 Å². The van der Waals surface area contributed by atoms with Gasteiger partial charge < -0.3 is 16.3 Å². The summed E-state index contributed by atoms with van der Waals surface area (Å²) in [6.45, 7) is 3.99. The first kappa shape index (κ1) is 12.8. The molecule has 1 aromatic carbocycles. The van der Waals surface area contributed by atoms with Gasteiger partial charge in [-0.15, -0.1) is 0 Å². The van der Waals surface area contributed by atoms with E-state index in [-0.39, 0.29) is 11.9 Å². The van der Waals surface area contributed by atoms with Gasteiger partial charge in [0.15, 0.2) is 5.84 Å². The number of benzene rings is 1. The van der Waals surface area contributed by atoms with Gasteiger partial charge in [-0.2, -0.15) is 0 Å². The lowest BCUT2D eigenvalue weighted by Gasteiger charge is -2.17. The highest BCUT2D eigenvalue weighted by Crippen LogP contribution is 2.21. The summed E-state index contributed by atoms with van der Waals surface area (Å²) >= 11 is 3.46. The molecule has 16 heavy (non-hydrogen) atoms. The molecule has 4 nitrogen and oxygen atoms in total. The second-order valence-electron chi connectivity index (χ2n) is 3.59. The lowest BCUT2D eigenvalue weighted by Crippen LogP contribution is -2.35. The molecule has 4 N–H and O–H groups in total. The Morgan fingerprint density at radius 2 is 2.31 bits per heavy atom. The fraction of sp³-hybridized carbons (Fsp3) is 0.364. The fourth-order valence-electron chi connectivity index (χ4n) is 1.34. The van der Waals surface area contributed by atoms with Crippen LogP contribution in [0.1, 0.15) is 18.9 Å². The molecule has 0 aliphatic carbocycles. The van der Waals surface area contributed by atoms with Crippen molar-refractivity contribution in [2.75, 3.05) is 5.32 Å². The molecule has 0 bridgehead atoms. The number of aryl methyl sites for hydroxylation is 1. The zero-order valence-corrected chi connectivity index (χ0v) is 11.0. The van der Waals surface area contributed by atoms with Crippen molar-refractivity contribution in [1.29, 1.82) is 0 Å². The highest BCUT2D eigenvalue weighted by atomic mass is 79.9. The van der Waals surface area contributed by atoms with Gasteiger partial charge in [0.25, 0.3) is 0 Å². The number of nitrogens with two attached hydrogens (primary N) is 1. The molecule has 0 saturated carbocycles. The molecule has 1 aromatic rings. The van der Waals surface area contributed by atoms with Crippen molar-refractivity contribution in [2.24, 2.45) is 10.9 Å². The van der Waals surface area contributed by atoms with Crippen LogP contribution in [0.5, 0.6) is 0 Å². The van der Waals surface area contributed by atoms with Crippen LogP contribution in [0, 0.1) is 6.92 Å². The molecule has 0 saturated heterocycles. The number of halogens is 1. The number of hydrogen-bond acceptors (Lipinski definition) is 3. The molecule has 0 fully saturated rings. The third kappa shape index (κ3) is 3.13. The minimum atomic E-state index is -0.153. The summed E-state index contributed by atoms with van der Waals surface area (Å²) in [6.07, 6.45) is 0.751. The molecule has 0 spiro atoms. The van der Waals surface area contributed by atoms with E-state index >= 15 is 0 Å². The van der Waals surface area contributed by atoms with Gasteiger partial charge in [-0.3, -0.25) is 0 Å². The van der Waals surface area contributed by atoms with Gasteiger partial charge in [0.2, 0.25) is 0 Å². The van der Waals surface area contributed by atoms with Crippen molar-refractivity contribution >= 4 is 27.5 Å². The van der Waals surface area contributed by atoms with Gasteiger partial charge in [-0.1, -0.05) is 34.1 Å². The van der Waals surface area contributed by atoms with E-state index in [0.717, 1.165) is 16.6 Å². The Labute approximate surface area is 104 Å². The summed E-state index contributed by atoms with van der Waals surface area (Å²) in [4.78, 5) is 0. The van der Waals surface area contributed by atoms with Crippen molar-refractivity contribution in [2.45, 2.75) is 26.3 Å². The Bertz CT molecular complexity index is 393. The molecule has 0 amide bonds. The number of nitrogens with zero attached hydrogens (tertiary/aromatic N) is 1. The first-order valence-electron chi connectivity index (χ1n) is 5.08. The third-order valence-corrected chi connectivity index (χ3v) is 3.25. The van der Waals surface area contributed by atoms with Crippen molar-refractivity contribution < 1.29 is 5.21 Å². The predicted molar refractivity (Wildman–Crippen MR) is 70.0 cm³/mol. The van der Waals surface area contributed by atoms with E-state index in [1.54, 1.807) is 0 Å². The van der Waals surface area contributed by atoms with E-state index in [2.05, 4.69) is 26.4 Å². The molecular formula is C11H16BrN3O. The Hall–Kier alpha value is -1.23. The second-order valence-corrected chi connectivity index (χ2v) is 4.45. The van der Waals surface area contributed by atoms with Crippen LogP contribution < -0.4 is 11.1 Å². The zero-order chi connectivity index (χ0) is 12.1. The van der Waals surface area contributed by atoms with Crippen LogP contribution in [0.4, 0.5) is 5.69 Å². The van der Waals surface area contributed by atoms with Crippen molar-refractivity contribution in [3.05, 3.63) is 28.2 Å². The number of rotatable bonds is 4. The summed E-state index contributed by atoms with van der Waals surface area (Å²) in [5.74, 6) is 0.194. The smallest absolute Gasteiger partial charge is 0.161 e. The summed E-state index contributed by atoms with van der Waals surface area (Å²) < 4.78 is 1.03. The summed E-state index contributed by atoms with van der Waals surface area (Å²) in [5.41, 5.74) is 7.68. The molecule has 88 valence electrons. The van der Waals surface area contributed by atoms with E-state index in [0.29, 0.717) is 0 Å². The van der Waals surface area contributed by atoms with Crippen LogP contribution in [0.3, 0.4) is 0 Å². The first-order chi connectivity index (χ1) is 7.58. The molecule has 0 aliphatic heterocycles. The maximum absolute atomic E-state index is 8.63. The summed E-state index contributed by atoms with van der Waals surface area (Å²) in [7, 11) is 0. The summed E-state index contributed by atoms with van der Waals surface area (Å²) in [5, 5.41) is 14.8. The SMILES string of the molecule is CCC(Nc1ccc(C)c(Br)c1)C(N)=NO. The van der Waals surface area contributed by atoms with Crippen LogP contribution in [-0.4, -0.2) is 17.1 Å². The lowest BCUT2D eigenvalue weighted by molar-refractivity contribution is 0.316. The highest BCUT2D eigenvalue weighted by Gasteiger charge is 2.11. The highest BCUT2D eigenvalue weighted by molar-refractivity contribution is 9.10. The molecule has 5 heteroatoms. The Morgan fingerprint density at radius 1 is 1.62 bits per heavy atom. The average Bonchev–Trinajstić information content (AvgIpc) is 2.29. The third-order valence-electron chi connectivity index (χ3n) is 2.39. The second kappa shape index (κ2) is 5.75. The van der Waals surface area contributed by atoms with E-state index in [9.17, 15) is 0 Å². The molecule has 1 unspecified atom stereocenters. The minimum Gasteiger partial charge on any atom is -0.409 e. The number of amidine groups is 1. The predicted octanol–water partition coefficient (Wildman–Crippen LogP) is 2.69. The Morgan fingerprint density at radius 3 is 2.81 bits per heavy atom. The largest absolute Gasteiger partial charge is 0.409 e. The molecular weight excluding hydrogens is 270 g/mol. The van der Waals surface area contributed by atoms with Crippen LogP contribution in [0.25, 0.3) is 0 Å². The van der Waals surface area contributed by atoms with Gasteiger partial charge in [-0.05, 0) is 31.0 Å². The number of oxime groups is 1. The van der Waals surface area contributed by atoms with Gasteiger partial charge in [0.1, 0.15) is 0 Å². The number of nitrogens with one attached hydrogen (secondary N) is 1. The molecule has 0 aliphatic rings. The van der Waals surface area contributed by atoms with E-state index in [1.807, 2.05) is 32.0 Å². The monoisotopic (exact) mass is 285 g/mol. The van der Waals surface area contributed by atoms with E-state index in [1.165, 1.54) is 5.56 Å². The van der Waals surface area contributed by atoms with Gasteiger partial charge in [-0.25, -0.2) is 0 Å². The summed E-state index contributed by atoms with van der Waals surface area (Å²) in [6, 6.07) is 5.79. The molecule has 0 heterocycles. The van der Waals surface area contributed by atoms with Gasteiger partial charge in [0, 0.05) is 10.2 Å². The van der Waals surface area contributed by atoms with Crippen LogP contribution >= 0.6 is 15.9 Å². The lowest BCUT2D eigenvalue weighted by atomic mass is 10.1. The fourth-order valence-corrected chi connectivity index (χ4v) is 1.72. The Balaban J connectivity index is 2.82. The Kier molecular flexibility index (Phi) is 4.61.